The first-order chi connectivity index (χ1) is 25.2. The second-order valence-electron chi connectivity index (χ2n) is 12.9. The summed E-state index contributed by atoms with van der Waals surface area (Å²) in [6, 6.07) is 59.6. The lowest BCUT2D eigenvalue weighted by Gasteiger charge is -2.14. The number of aromatic nitrogens is 5. The van der Waals surface area contributed by atoms with Crippen LogP contribution in [0.3, 0.4) is 0 Å². The minimum atomic E-state index is 0.629. The number of fused-ring (bicyclic) bond motifs is 6. The molecule has 0 fully saturated rings. The van der Waals surface area contributed by atoms with Crippen LogP contribution in [0.2, 0.25) is 0 Å². The standard InChI is InChI=1S/C46H31N5/c1-50-39-21-11-8-18-34(39)37-28-32(24-26-40(37)50)33-25-27-43-38(29-33)35-19-9-12-22-41(35)51(43)42-23-13-10-20-36(42)46-48-44(30-14-4-2-5-15-30)47-45(49-46)31-16-6-3-7-17-31/h2-29H,1H3. The lowest BCUT2D eigenvalue weighted by atomic mass is 10.0. The van der Waals surface area contributed by atoms with E-state index in [4.69, 9.17) is 15.0 Å². The normalized spacial score (nSPS) is 11.6. The van der Waals surface area contributed by atoms with Gasteiger partial charge in [-0.3, -0.25) is 0 Å². The summed E-state index contributed by atoms with van der Waals surface area (Å²) < 4.78 is 4.63. The largest absolute Gasteiger partial charge is 0.344 e. The van der Waals surface area contributed by atoms with Crippen molar-refractivity contribution in [2.75, 3.05) is 0 Å². The third-order valence-electron chi connectivity index (χ3n) is 10.0. The van der Waals surface area contributed by atoms with Gasteiger partial charge in [-0.1, -0.05) is 121 Å². The Labute approximate surface area is 294 Å². The van der Waals surface area contributed by atoms with Gasteiger partial charge in [-0.15, -0.1) is 0 Å². The second kappa shape index (κ2) is 11.6. The Hall–Kier alpha value is -6.85. The summed E-state index contributed by atoms with van der Waals surface area (Å²) in [5.41, 5.74) is 11.0. The molecule has 5 heteroatoms. The molecule has 0 atom stereocenters. The van der Waals surface area contributed by atoms with E-state index in [2.05, 4.69) is 125 Å². The molecule has 10 aromatic rings. The predicted octanol–water partition coefficient (Wildman–Crippen LogP) is 11.3. The molecule has 3 heterocycles. The topological polar surface area (TPSA) is 48.5 Å². The van der Waals surface area contributed by atoms with Crippen molar-refractivity contribution in [3.63, 3.8) is 0 Å². The highest BCUT2D eigenvalue weighted by atomic mass is 15.1. The highest BCUT2D eigenvalue weighted by Gasteiger charge is 2.19. The van der Waals surface area contributed by atoms with E-state index in [0.717, 1.165) is 33.4 Å². The van der Waals surface area contributed by atoms with Gasteiger partial charge in [0.1, 0.15) is 0 Å². The number of hydrogen-bond donors (Lipinski definition) is 0. The van der Waals surface area contributed by atoms with Gasteiger partial charge in [-0.05, 0) is 59.7 Å². The van der Waals surface area contributed by atoms with E-state index < -0.39 is 0 Å². The first kappa shape index (κ1) is 29.1. The highest BCUT2D eigenvalue weighted by molar-refractivity contribution is 6.12. The van der Waals surface area contributed by atoms with Gasteiger partial charge in [0.25, 0.3) is 0 Å². The smallest absolute Gasteiger partial charge is 0.166 e. The van der Waals surface area contributed by atoms with Gasteiger partial charge in [-0.25, -0.2) is 15.0 Å². The van der Waals surface area contributed by atoms with Crippen molar-refractivity contribution in [1.29, 1.82) is 0 Å². The molecular formula is C46H31N5. The molecule has 0 bridgehead atoms. The Balaban J connectivity index is 1.17. The summed E-state index contributed by atoms with van der Waals surface area (Å²) in [5, 5.41) is 4.93. The number of para-hydroxylation sites is 3. The number of nitrogens with zero attached hydrogens (tertiary/aromatic N) is 5. The minimum absolute atomic E-state index is 0.629. The van der Waals surface area contributed by atoms with Crippen molar-refractivity contribution >= 4 is 43.6 Å². The molecule has 0 aliphatic heterocycles. The lowest BCUT2D eigenvalue weighted by molar-refractivity contribution is 1.01. The molecule has 0 N–H and O–H groups in total. The van der Waals surface area contributed by atoms with Crippen molar-refractivity contribution in [2.45, 2.75) is 0 Å². The van der Waals surface area contributed by atoms with Crippen molar-refractivity contribution in [1.82, 2.24) is 24.1 Å². The molecule has 0 saturated heterocycles. The van der Waals surface area contributed by atoms with E-state index in [-0.39, 0.29) is 0 Å². The minimum Gasteiger partial charge on any atom is -0.344 e. The van der Waals surface area contributed by atoms with Gasteiger partial charge < -0.3 is 9.13 Å². The summed E-state index contributed by atoms with van der Waals surface area (Å²) in [6.45, 7) is 0. The molecule has 10 rings (SSSR count). The maximum atomic E-state index is 5.09. The first-order valence-corrected chi connectivity index (χ1v) is 17.2. The van der Waals surface area contributed by atoms with Gasteiger partial charge in [0.15, 0.2) is 17.5 Å². The first-order valence-electron chi connectivity index (χ1n) is 17.2. The Bertz CT molecular complexity index is 2860. The van der Waals surface area contributed by atoms with Crippen LogP contribution in [0.25, 0.3) is 94.6 Å². The second-order valence-corrected chi connectivity index (χ2v) is 12.9. The van der Waals surface area contributed by atoms with Gasteiger partial charge in [-0.2, -0.15) is 0 Å². The van der Waals surface area contributed by atoms with Crippen LogP contribution >= 0.6 is 0 Å². The molecule has 5 nitrogen and oxygen atoms in total. The van der Waals surface area contributed by atoms with Crippen LogP contribution in [-0.2, 0) is 7.05 Å². The van der Waals surface area contributed by atoms with E-state index in [1.54, 1.807) is 0 Å². The molecule has 51 heavy (non-hydrogen) atoms. The Morgan fingerprint density at radius 1 is 0.353 bits per heavy atom. The maximum absolute atomic E-state index is 5.09. The van der Waals surface area contributed by atoms with E-state index in [1.807, 2.05) is 60.7 Å². The van der Waals surface area contributed by atoms with Crippen LogP contribution in [0.15, 0.2) is 170 Å². The summed E-state index contributed by atoms with van der Waals surface area (Å²) in [6.07, 6.45) is 0. The quantitative estimate of drug-likeness (QED) is 0.186. The Kier molecular flexibility index (Phi) is 6.64. The third kappa shape index (κ3) is 4.74. The van der Waals surface area contributed by atoms with Crippen molar-refractivity contribution in [3.8, 4) is 51.0 Å². The monoisotopic (exact) mass is 653 g/mol. The van der Waals surface area contributed by atoms with Crippen LogP contribution < -0.4 is 0 Å². The van der Waals surface area contributed by atoms with Crippen LogP contribution in [0.1, 0.15) is 0 Å². The number of rotatable bonds is 5. The van der Waals surface area contributed by atoms with E-state index in [9.17, 15) is 0 Å². The Morgan fingerprint density at radius 2 is 0.804 bits per heavy atom. The van der Waals surface area contributed by atoms with Gasteiger partial charge >= 0.3 is 0 Å². The predicted molar refractivity (Wildman–Crippen MR) is 210 cm³/mol. The van der Waals surface area contributed by atoms with Crippen molar-refractivity contribution in [3.05, 3.63) is 170 Å². The van der Waals surface area contributed by atoms with E-state index in [0.29, 0.717) is 17.5 Å². The summed E-state index contributed by atoms with van der Waals surface area (Å²) in [7, 11) is 2.14. The fourth-order valence-corrected chi connectivity index (χ4v) is 7.55. The van der Waals surface area contributed by atoms with E-state index >= 15 is 0 Å². The average molecular weight is 654 g/mol. The molecule has 0 unspecified atom stereocenters. The van der Waals surface area contributed by atoms with Crippen LogP contribution in [0.5, 0.6) is 0 Å². The van der Waals surface area contributed by atoms with Crippen LogP contribution in [0, 0.1) is 0 Å². The Morgan fingerprint density at radius 3 is 1.47 bits per heavy atom. The molecule has 240 valence electrons. The highest BCUT2D eigenvalue weighted by Crippen LogP contribution is 2.39. The fourth-order valence-electron chi connectivity index (χ4n) is 7.55. The third-order valence-corrected chi connectivity index (χ3v) is 10.0. The molecule has 0 spiro atoms. The average Bonchev–Trinajstić information content (AvgIpc) is 3.69. The molecule has 7 aromatic carbocycles. The molecule has 0 aliphatic rings. The summed E-state index contributed by atoms with van der Waals surface area (Å²) >= 11 is 0. The van der Waals surface area contributed by atoms with Gasteiger partial charge in [0.05, 0.1) is 16.7 Å². The molecule has 0 radical (unpaired) electrons. The summed E-state index contributed by atoms with van der Waals surface area (Å²) in [5.74, 6) is 1.91. The maximum Gasteiger partial charge on any atom is 0.166 e. The molecule has 3 aromatic heterocycles. The van der Waals surface area contributed by atoms with Crippen LogP contribution in [0.4, 0.5) is 0 Å². The molecular weight excluding hydrogens is 623 g/mol. The van der Waals surface area contributed by atoms with Crippen LogP contribution in [-0.4, -0.2) is 24.1 Å². The number of benzene rings is 7. The molecule has 0 aliphatic carbocycles. The lowest BCUT2D eigenvalue weighted by Crippen LogP contribution is -2.03. The van der Waals surface area contributed by atoms with Gasteiger partial charge in [0.2, 0.25) is 0 Å². The number of hydrogen-bond acceptors (Lipinski definition) is 3. The number of aryl methyl sites for hydroxylation is 1. The zero-order chi connectivity index (χ0) is 33.9. The van der Waals surface area contributed by atoms with E-state index in [1.165, 1.54) is 43.7 Å². The molecule has 0 amide bonds. The SMILES string of the molecule is Cn1c2ccccc2c2cc(-c3ccc4c(c3)c3ccccc3n4-c3ccccc3-c3nc(-c4ccccc4)nc(-c4ccccc4)n3)ccc21. The zero-order valence-electron chi connectivity index (χ0n) is 27.9. The van der Waals surface area contributed by atoms with Crippen molar-refractivity contribution < 1.29 is 0 Å². The fraction of sp³-hybridized carbons (Fsp3) is 0.0217. The van der Waals surface area contributed by atoms with Gasteiger partial charge in [0, 0.05) is 56.3 Å². The summed E-state index contributed by atoms with van der Waals surface area (Å²) in [4.78, 5) is 15.1. The van der Waals surface area contributed by atoms with Crippen molar-refractivity contribution in [2.24, 2.45) is 7.05 Å². The molecule has 0 saturated carbocycles. The zero-order valence-corrected chi connectivity index (χ0v) is 27.9.